The first-order chi connectivity index (χ1) is 11.2. The Kier molecular flexibility index (Phi) is 10.1. The highest BCUT2D eigenvalue weighted by atomic mass is 127. The van der Waals surface area contributed by atoms with E-state index in [-0.39, 0.29) is 30.7 Å². The standard InChI is InChI=1S/C18H28FN3O.HI/c1-3-20-18(21-10-4-9-19)22-12-16-8-5-14(2)11-17(16)23-13-15-6-7-15;/h5,8,11,15H,3-4,6-7,9-10,12-13H2,1-2H3,(H2,20,21,22);1H. The number of alkyl halides is 1. The number of guanidine groups is 1. The van der Waals surface area contributed by atoms with Gasteiger partial charge in [0.2, 0.25) is 0 Å². The van der Waals surface area contributed by atoms with Crippen molar-refractivity contribution in [2.45, 2.75) is 39.7 Å². The average molecular weight is 449 g/mol. The molecule has 0 radical (unpaired) electrons. The van der Waals surface area contributed by atoms with E-state index in [0.717, 1.165) is 36.3 Å². The Balaban J connectivity index is 0.00000288. The molecule has 2 N–H and O–H groups in total. The molecular weight excluding hydrogens is 420 g/mol. The molecule has 1 aromatic rings. The minimum Gasteiger partial charge on any atom is -0.493 e. The Hall–Kier alpha value is -1.05. The minimum atomic E-state index is -0.316. The van der Waals surface area contributed by atoms with Crippen LogP contribution >= 0.6 is 24.0 Å². The molecule has 2 rings (SSSR count). The van der Waals surface area contributed by atoms with E-state index >= 15 is 0 Å². The number of rotatable bonds is 9. The number of hydrogen-bond acceptors (Lipinski definition) is 2. The van der Waals surface area contributed by atoms with Crippen molar-refractivity contribution < 1.29 is 9.13 Å². The van der Waals surface area contributed by atoms with Gasteiger partial charge in [-0.2, -0.15) is 0 Å². The third kappa shape index (κ3) is 7.68. The molecule has 0 aliphatic heterocycles. The highest BCUT2D eigenvalue weighted by molar-refractivity contribution is 14.0. The molecule has 0 spiro atoms. The summed E-state index contributed by atoms with van der Waals surface area (Å²) in [5, 5.41) is 6.32. The van der Waals surface area contributed by atoms with Gasteiger partial charge in [0, 0.05) is 18.7 Å². The van der Waals surface area contributed by atoms with Gasteiger partial charge in [-0.05, 0) is 50.7 Å². The molecule has 4 nitrogen and oxygen atoms in total. The van der Waals surface area contributed by atoms with Crippen LogP contribution in [0.1, 0.15) is 37.3 Å². The molecule has 0 aromatic heterocycles. The minimum absolute atomic E-state index is 0. The topological polar surface area (TPSA) is 45.7 Å². The lowest BCUT2D eigenvalue weighted by Crippen LogP contribution is -2.37. The molecule has 0 heterocycles. The molecule has 0 atom stereocenters. The third-order valence-corrected chi connectivity index (χ3v) is 3.75. The van der Waals surface area contributed by atoms with E-state index in [9.17, 15) is 4.39 Å². The van der Waals surface area contributed by atoms with E-state index in [1.165, 1.54) is 18.4 Å². The van der Waals surface area contributed by atoms with Gasteiger partial charge in [-0.1, -0.05) is 12.1 Å². The summed E-state index contributed by atoms with van der Waals surface area (Å²) in [4.78, 5) is 4.58. The first-order valence-corrected chi connectivity index (χ1v) is 8.53. The largest absolute Gasteiger partial charge is 0.493 e. The molecule has 0 bridgehead atoms. The maximum Gasteiger partial charge on any atom is 0.191 e. The molecular formula is C18H29FIN3O. The number of nitrogens with zero attached hydrogens (tertiary/aromatic N) is 1. The van der Waals surface area contributed by atoms with Gasteiger partial charge in [0.25, 0.3) is 0 Å². The van der Waals surface area contributed by atoms with Gasteiger partial charge in [-0.3, -0.25) is 4.39 Å². The van der Waals surface area contributed by atoms with E-state index in [2.05, 4.69) is 40.7 Å². The quantitative estimate of drug-likeness (QED) is 0.261. The molecule has 24 heavy (non-hydrogen) atoms. The SMILES string of the molecule is CCNC(=NCc1ccc(C)cc1OCC1CC1)NCCCF.I. The summed E-state index contributed by atoms with van der Waals surface area (Å²) in [7, 11) is 0. The van der Waals surface area contributed by atoms with Crippen molar-refractivity contribution in [3.63, 3.8) is 0 Å². The Labute approximate surface area is 161 Å². The normalized spacial score (nSPS) is 14.0. The van der Waals surface area contributed by atoms with Crippen LogP contribution in [-0.4, -0.2) is 32.3 Å². The second kappa shape index (κ2) is 11.5. The lowest BCUT2D eigenvalue weighted by molar-refractivity contribution is 0.296. The molecule has 136 valence electrons. The molecule has 6 heteroatoms. The van der Waals surface area contributed by atoms with E-state index in [1.54, 1.807) is 0 Å². The number of benzene rings is 1. The van der Waals surface area contributed by atoms with Crippen molar-refractivity contribution in [1.29, 1.82) is 0 Å². The van der Waals surface area contributed by atoms with Crippen molar-refractivity contribution in [2.24, 2.45) is 10.9 Å². The van der Waals surface area contributed by atoms with Crippen LogP contribution in [0.15, 0.2) is 23.2 Å². The van der Waals surface area contributed by atoms with Crippen molar-refractivity contribution in [3.05, 3.63) is 29.3 Å². The maximum absolute atomic E-state index is 12.2. The fraction of sp³-hybridized carbons (Fsp3) is 0.611. The van der Waals surface area contributed by atoms with Gasteiger partial charge in [-0.25, -0.2) is 4.99 Å². The molecule has 1 aromatic carbocycles. The fourth-order valence-electron chi connectivity index (χ4n) is 2.20. The fourth-order valence-corrected chi connectivity index (χ4v) is 2.20. The first-order valence-electron chi connectivity index (χ1n) is 8.53. The van der Waals surface area contributed by atoms with Gasteiger partial charge in [0.05, 0.1) is 19.8 Å². The maximum atomic E-state index is 12.2. The van der Waals surface area contributed by atoms with Crippen LogP contribution in [0.3, 0.4) is 0 Å². The van der Waals surface area contributed by atoms with Crippen molar-refractivity contribution in [2.75, 3.05) is 26.4 Å². The zero-order valence-electron chi connectivity index (χ0n) is 14.6. The summed E-state index contributed by atoms with van der Waals surface area (Å²) in [5.41, 5.74) is 2.27. The molecule has 1 fully saturated rings. The van der Waals surface area contributed by atoms with Crippen LogP contribution in [0.2, 0.25) is 0 Å². The Bertz CT molecular complexity index is 521. The number of halogens is 2. The summed E-state index contributed by atoms with van der Waals surface area (Å²) < 4.78 is 18.2. The Morgan fingerprint density at radius 2 is 2.12 bits per heavy atom. The van der Waals surface area contributed by atoms with E-state index < -0.39 is 0 Å². The highest BCUT2D eigenvalue weighted by Gasteiger charge is 2.22. The van der Waals surface area contributed by atoms with Crippen molar-refractivity contribution in [1.82, 2.24) is 10.6 Å². The average Bonchev–Trinajstić information content (AvgIpc) is 3.36. The molecule has 1 aliphatic carbocycles. The van der Waals surface area contributed by atoms with Crippen molar-refractivity contribution >= 4 is 29.9 Å². The van der Waals surface area contributed by atoms with Crippen LogP contribution in [-0.2, 0) is 6.54 Å². The van der Waals surface area contributed by atoms with Gasteiger partial charge in [0.1, 0.15) is 5.75 Å². The van der Waals surface area contributed by atoms with Gasteiger partial charge in [0.15, 0.2) is 5.96 Å². The van der Waals surface area contributed by atoms with Crippen LogP contribution in [0.5, 0.6) is 5.75 Å². The lowest BCUT2D eigenvalue weighted by Gasteiger charge is -2.13. The monoisotopic (exact) mass is 449 g/mol. The predicted octanol–water partition coefficient (Wildman–Crippen LogP) is 3.82. The van der Waals surface area contributed by atoms with Crippen LogP contribution in [0.25, 0.3) is 0 Å². The summed E-state index contributed by atoms with van der Waals surface area (Å²) in [6.07, 6.45) is 3.05. The number of nitrogens with one attached hydrogen (secondary N) is 2. The van der Waals surface area contributed by atoms with Gasteiger partial charge < -0.3 is 15.4 Å². The summed E-state index contributed by atoms with van der Waals surface area (Å²) in [5.74, 6) is 2.38. The van der Waals surface area contributed by atoms with Crippen LogP contribution in [0, 0.1) is 12.8 Å². The van der Waals surface area contributed by atoms with Gasteiger partial charge in [-0.15, -0.1) is 24.0 Å². The molecule has 0 amide bonds. The van der Waals surface area contributed by atoms with Crippen LogP contribution in [0.4, 0.5) is 4.39 Å². The second-order valence-electron chi connectivity index (χ2n) is 6.03. The number of aryl methyl sites for hydroxylation is 1. The zero-order valence-corrected chi connectivity index (χ0v) is 16.9. The Morgan fingerprint density at radius 1 is 1.33 bits per heavy atom. The summed E-state index contributed by atoms with van der Waals surface area (Å²) >= 11 is 0. The van der Waals surface area contributed by atoms with E-state index in [0.29, 0.717) is 19.5 Å². The smallest absolute Gasteiger partial charge is 0.191 e. The van der Waals surface area contributed by atoms with E-state index in [4.69, 9.17) is 4.74 Å². The number of hydrogen-bond donors (Lipinski definition) is 2. The predicted molar refractivity (Wildman–Crippen MR) is 108 cm³/mol. The third-order valence-electron chi connectivity index (χ3n) is 3.75. The molecule has 0 saturated heterocycles. The molecule has 1 saturated carbocycles. The number of aliphatic imine (C=N–C) groups is 1. The summed E-state index contributed by atoms with van der Waals surface area (Å²) in [6, 6.07) is 6.24. The van der Waals surface area contributed by atoms with Crippen LogP contribution < -0.4 is 15.4 Å². The zero-order chi connectivity index (χ0) is 16.5. The number of ether oxygens (including phenoxy) is 1. The second-order valence-corrected chi connectivity index (χ2v) is 6.03. The Morgan fingerprint density at radius 3 is 2.79 bits per heavy atom. The van der Waals surface area contributed by atoms with Gasteiger partial charge >= 0.3 is 0 Å². The molecule has 0 unspecified atom stereocenters. The highest BCUT2D eigenvalue weighted by Crippen LogP contribution is 2.30. The summed E-state index contributed by atoms with van der Waals surface area (Å²) in [6.45, 7) is 6.48. The lowest BCUT2D eigenvalue weighted by atomic mass is 10.1. The first kappa shape index (κ1) is 21.0. The molecule has 1 aliphatic rings. The van der Waals surface area contributed by atoms with Crippen molar-refractivity contribution in [3.8, 4) is 5.75 Å². The van der Waals surface area contributed by atoms with E-state index in [1.807, 2.05) is 6.92 Å².